The fraction of sp³-hybridized carbons (Fsp3) is 0.583. The second kappa shape index (κ2) is 5.81. The van der Waals surface area contributed by atoms with Crippen molar-refractivity contribution >= 4 is 17.6 Å². The predicted octanol–water partition coefficient (Wildman–Crippen LogP) is 1.61. The van der Waals surface area contributed by atoms with Crippen LogP contribution in [0.2, 0.25) is 5.02 Å². The van der Waals surface area contributed by atoms with E-state index in [1.54, 1.807) is 0 Å². The largest absolute Gasteiger partial charge is 0.476 e. The highest BCUT2D eigenvalue weighted by molar-refractivity contribution is 6.33. The summed E-state index contributed by atoms with van der Waals surface area (Å²) in [5.41, 5.74) is -0.183. The van der Waals surface area contributed by atoms with E-state index in [9.17, 15) is 4.79 Å². The Hall–Kier alpha value is -1.24. The van der Waals surface area contributed by atoms with Crippen LogP contribution in [0.25, 0.3) is 0 Å². The number of halogens is 1. The smallest absolute Gasteiger partial charge is 0.356 e. The normalized spacial score (nSPS) is 20.7. The fourth-order valence-electron chi connectivity index (χ4n) is 1.98. The molecule has 2 rings (SSSR count). The number of nitrogens with zero attached hydrogens (tertiary/aromatic N) is 3. The number of hydrogen-bond donors (Lipinski definition) is 1. The van der Waals surface area contributed by atoms with Crippen molar-refractivity contribution in [3.8, 4) is 0 Å². The van der Waals surface area contributed by atoms with Crippen LogP contribution >= 0.6 is 11.6 Å². The lowest BCUT2D eigenvalue weighted by Gasteiger charge is -2.34. The van der Waals surface area contributed by atoms with Crippen LogP contribution in [0.1, 0.15) is 36.3 Å². The van der Waals surface area contributed by atoms with Gasteiger partial charge in [-0.1, -0.05) is 11.6 Å². The molecular weight excluding hydrogens is 270 g/mol. The van der Waals surface area contributed by atoms with E-state index in [1.165, 1.54) is 6.20 Å². The van der Waals surface area contributed by atoms with Gasteiger partial charge in [0.2, 0.25) is 0 Å². The van der Waals surface area contributed by atoms with Gasteiger partial charge in [-0.25, -0.2) is 14.8 Å². The second-order valence-corrected chi connectivity index (χ2v) is 5.09. The molecule has 1 saturated heterocycles. The lowest BCUT2D eigenvalue weighted by atomic mass is 10.2. The lowest BCUT2D eigenvalue weighted by Crippen LogP contribution is -2.42. The zero-order valence-corrected chi connectivity index (χ0v) is 11.6. The van der Waals surface area contributed by atoms with Gasteiger partial charge in [0, 0.05) is 19.1 Å². The predicted molar refractivity (Wildman–Crippen MR) is 69.4 cm³/mol. The zero-order chi connectivity index (χ0) is 14.0. The molecular formula is C12H16ClN3O3. The molecule has 1 aromatic heterocycles. The maximum absolute atomic E-state index is 11.0. The SMILES string of the molecule is CC(C)N1CCOC(c2ncc(Cl)c(C(=O)O)n2)C1. The monoisotopic (exact) mass is 285 g/mol. The van der Waals surface area contributed by atoms with Gasteiger partial charge in [-0.05, 0) is 13.8 Å². The minimum Gasteiger partial charge on any atom is -0.476 e. The number of carboxylic acid groups (broad SMARTS) is 1. The van der Waals surface area contributed by atoms with Crippen molar-refractivity contribution in [1.29, 1.82) is 0 Å². The Balaban J connectivity index is 2.22. The molecule has 1 fully saturated rings. The first-order valence-corrected chi connectivity index (χ1v) is 6.48. The van der Waals surface area contributed by atoms with Crippen molar-refractivity contribution in [2.24, 2.45) is 0 Å². The number of rotatable bonds is 3. The highest BCUT2D eigenvalue weighted by Crippen LogP contribution is 2.22. The van der Waals surface area contributed by atoms with Crippen LogP contribution in [0.15, 0.2) is 6.20 Å². The summed E-state index contributed by atoms with van der Waals surface area (Å²) in [6.07, 6.45) is 0.997. The molecule has 0 aliphatic carbocycles. The average Bonchev–Trinajstić information content (AvgIpc) is 2.39. The Kier molecular flexibility index (Phi) is 4.34. The van der Waals surface area contributed by atoms with Crippen molar-refractivity contribution in [2.45, 2.75) is 26.0 Å². The summed E-state index contributed by atoms with van der Waals surface area (Å²) in [6.45, 7) is 6.30. The molecule has 7 heteroatoms. The Labute approximate surface area is 116 Å². The van der Waals surface area contributed by atoms with Gasteiger partial charge in [0.05, 0.1) is 17.8 Å². The van der Waals surface area contributed by atoms with Crippen LogP contribution in [-0.4, -0.2) is 51.7 Å². The van der Waals surface area contributed by atoms with Gasteiger partial charge in [-0.15, -0.1) is 0 Å². The summed E-state index contributed by atoms with van der Waals surface area (Å²) in [6, 6.07) is 0.401. The Morgan fingerprint density at radius 2 is 2.37 bits per heavy atom. The molecule has 0 aromatic carbocycles. The van der Waals surface area contributed by atoms with E-state index in [-0.39, 0.29) is 16.8 Å². The number of aromatic nitrogens is 2. The summed E-state index contributed by atoms with van der Waals surface area (Å²) in [7, 11) is 0. The quantitative estimate of drug-likeness (QED) is 0.909. The molecule has 0 bridgehead atoms. The van der Waals surface area contributed by atoms with Gasteiger partial charge < -0.3 is 9.84 Å². The first-order chi connectivity index (χ1) is 8.99. The number of morpholine rings is 1. The third kappa shape index (κ3) is 3.20. The van der Waals surface area contributed by atoms with E-state index < -0.39 is 5.97 Å². The molecule has 1 unspecified atom stereocenters. The van der Waals surface area contributed by atoms with Gasteiger partial charge in [-0.3, -0.25) is 4.90 Å². The van der Waals surface area contributed by atoms with Crippen LogP contribution in [0, 0.1) is 0 Å². The van der Waals surface area contributed by atoms with Crippen LogP contribution in [0.4, 0.5) is 0 Å². The fourth-order valence-corrected chi connectivity index (χ4v) is 2.15. The molecule has 104 valence electrons. The van der Waals surface area contributed by atoms with E-state index in [1.807, 2.05) is 0 Å². The molecule has 6 nitrogen and oxygen atoms in total. The summed E-state index contributed by atoms with van der Waals surface area (Å²) < 4.78 is 5.62. The molecule has 1 aromatic rings. The average molecular weight is 286 g/mol. The van der Waals surface area contributed by atoms with Crippen molar-refractivity contribution in [3.63, 3.8) is 0 Å². The van der Waals surface area contributed by atoms with Crippen molar-refractivity contribution < 1.29 is 14.6 Å². The Morgan fingerprint density at radius 1 is 1.63 bits per heavy atom. The minimum atomic E-state index is -1.16. The van der Waals surface area contributed by atoms with Gasteiger partial charge in [0.1, 0.15) is 6.10 Å². The van der Waals surface area contributed by atoms with Gasteiger partial charge in [-0.2, -0.15) is 0 Å². The maximum atomic E-state index is 11.0. The van der Waals surface area contributed by atoms with Crippen LogP contribution < -0.4 is 0 Å². The number of carbonyl (C=O) groups is 1. The summed E-state index contributed by atoms with van der Waals surface area (Å²) >= 11 is 5.75. The van der Waals surface area contributed by atoms with E-state index in [4.69, 9.17) is 21.4 Å². The first kappa shape index (κ1) is 14.2. The molecule has 19 heavy (non-hydrogen) atoms. The molecule has 0 amide bonds. The zero-order valence-electron chi connectivity index (χ0n) is 10.8. The summed E-state index contributed by atoms with van der Waals surface area (Å²) in [4.78, 5) is 21.3. The Morgan fingerprint density at radius 3 is 3.00 bits per heavy atom. The van der Waals surface area contributed by atoms with Crippen LogP contribution in [0.3, 0.4) is 0 Å². The molecule has 0 saturated carbocycles. The van der Waals surface area contributed by atoms with Gasteiger partial charge >= 0.3 is 5.97 Å². The van der Waals surface area contributed by atoms with Crippen molar-refractivity contribution in [2.75, 3.05) is 19.7 Å². The highest BCUT2D eigenvalue weighted by Gasteiger charge is 2.26. The number of ether oxygens (including phenoxy) is 1. The van der Waals surface area contributed by atoms with Crippen molar-refractivity contribution in [1.82, 2.24) is 14.9 Å². The summed E-state index contributed by atoms with van der Waals surface area (Å²) in [5, 5.41) is 9.04. The minimum absolute atomic E-state index is 0.0350. The van der Waals surface area contributed by atoms with E-state index >= 15 is 0 Å². The summed E-state index contributed by atoms with van der Waals surface area (Å²) in [5.74, 6) is -0.794. The first-order valence-electron chi connectivity index (χ1n) is 6.10. The molecule has 1 atom stereocenters. The maximum Gasteiger partial charge on any atom is 0.356 e. The van der Waals surface area contributed by atoms with Crippen molar-refractivity contribution in [3.05, 3.63) is 22.7 Å². The Bertz CT molecular complexity index is 481. The van der Waals surface area contributed by atoms with Gasteiger partial charge in [0.25, 0.3) is 0 Å². The molecule has 0 radical (unpaired) electrons. The molecule has 2 heterocycles. The highest BCUT2D eigenvalue weighted by atomic mass is 35.5. The molecule has 1 aliphatic heterocycles. The van der Waals surface area contributed by atoms with E-state index in [0.717, 1.165) is 6.54 Å². The van der Waals surface area contributed by atoms with Crippen LogP contribution in [0.5, 0.6) is 0 Å². The second-order valence-electron chi connectivity index (χ2n) is 4.68. The lowest BCUT2D eigenvalue weighted by molar-refractivity contribution is -0.0443. The van der Waals surface area contributed by atoms with Crippen LogP contribution in [-0.2, 0) is 4.74 Å². The number of aromatic carboxylic acids is 1. The molecule has 1 aliphatic rings. The van der Waals surface area contributed by atoms with E-state index in [2.05, 4.69) is 28.7 Å². The third-order valence-corrected chi connectivity index (χ3v) is 3.36. The molecule has 1 N–H and O–H groups in total. The number of carboxylic acids is 1. The standard InChI is InChI=1S/C12H16ClN3O3/c1-7(2)16-3-4-19-9(6-16)11-14-5-8(13)10(15-11)12(17)18/h5,7,9H,3-4,6H2,1-2H3,(H,17,18). The van der Waals surface area contributed by atoms with Gasteiger partial charge in [0.15, 0.2) is 11.5 Å². The third-order valence-electron chi connectivity index (χ3n) is 3.08. The van der Waals surface area contributed by atoms with E-state index in [0.29, 0.717) is 25.0 Å². The molecule has 0 spiro atoms. The topological polar surface area (TPSA) is 75.5 Å². The number of hydrogen-bond acceptors (Lipinski definition) is 5.